The molecule has 0 saturated carbocycles. The molecule has 4 atom stereocenters. The molecule has 0 bridgehead atoms. The van der Waals surface area contributed by atoms with Crippen LogP contribution in [0.15, 0.2) is 12.5 Å². The standard InChI is InChI=1S/C16H19N5O5S/c17-4-8-5-21(15-11(8)14(18)19-7-20-15)16-13(25)12(24)9(26-16)6-27-3-1-2-10(22)23/h5,7,9,12-13,16,24-25H,1-3,6H2,(H,22,23)(H2,18,19,20)/t9-,12+,13-,16?/m1/s1. The highest BCUT2D eigenvalue weighted by molar-refractivity contribution is 7.99. The van der Waals surface area contributed by atoms with Crippen LogP contribution in [0.3, 0.4) is 0 Å². The minimum atomic E-state index is -1.21. The van der Waals surface area contributed by atoms with Gasteiger partial charge in [0.15, 0.2) is 6.23 Å². The number of thioether (sulfide) groups is 1. The first-order chi connectivity index (χ1) is 12.9. The van der Waals surface area contributed by atoms with Gasteiger partial charge in [0, 0.05) is 18.4 Å². The predicted octanol–water partition coefficient (Wildman–Crippen LogP) is 0.102. The first-order valence-electron chi connectivity index (χ1n) is 8.26. The Morgan fingerprint density at radius 1 is 1.41 bits per heavy atom. The lowest BCUT2D eigenvalue weighted by atomic mass is 10.1. The molecular weight excluding hydrogens is 374 g/mol. The number of nitrogens with two attached hydrogens (primary N) is 1. The monoisotopic (exact) mass is 393 g/mol. The number of carbonyl (C=O) groups is 1. The molecule has 0 amide bonds. The number of aliphatic hydroxyl groups is 2. The number of ether oxygens (including phenoxy) is 1. The van der Waals surface area contributed by atoms with Gasteiger partial charge in [0.2, 0.25) is 0 Å². The van der Waals surface area contributed by atoms with Crippen molar-refractivity contribution in [1.82, 2.24) is 14.5 Å². The van der Waals surface area contributed by atoms with E-state index in [1.165, 1.54) is 28.9 Å². The Kier molecular flexibility index (Phi) is 5.81. The zero-order valence-corrected chi connectivity index (χ0v) is 15.0. The molecule has 0 aliphatic carbocycles. The van der Waals surface area contributed by atoms with Crippen molar-refractivity contribution in [2.24, 2.45) is 0 Å². The number of nitrogen functional groups attached to an aromatic ring is 1. The van der Waals surface area contributed by atoms with Crippen molar-refractivity contribution in [1.29, 1.82) is 5.26 Å². The summed E-state index contributed by atoms with van der Waals surface area (Å²) in [5.41, 5.74) is 6.42. The van der Waals surface area contributed by atoms with E-state index < -0.39 is 30.5 Å². The smallest absolute Gasteiger partial charge is 0.303 e. The third-order valence-electron chi connectivity index (χ3n) is 4.33. The molecule has 27 heavy (non-hydrogen) atoms. The summed E-state index contributed by atoms with van der Waals surface area (Å²) in [5.74, 6) is 0.302. The van der Waals surface area contributed by atoms with Gasteiger partial charge in [0.1, 0.15) is 36.1 Å². The van der Waals surface area contributed by atoms with Crippen LogP contribution in [0.1, 0.15) is 24.6 Å². The number of carboxylic acids is 1. The Labute approximate surface area is 158 Å². The van der Waals surface area contributed by atoms with E-state index in [4.69, 9.17) is 15.6 Å². The van der Waals surface area contributed by atoms with E-state index in [1.807, 2.05) is 6.07 Å². The van der Waals surface area contributed by atoms with Crippen LogP contribution in [0.2, 0.25) is 0 Å². The fraction of sp³-hybridized carbons (Fsp3) is 0.500. The van der Waals surface area contributed by atoms with Gasteiger partial charge in [-0.1, -0.05) is 0 Å². The molecule has 2 aromatic rings. The van der Waals surface area contributed by atoms with Gasteiger partial charge in [0.05, 0.1) is 17.1 Å². The average Bonchev–Trinajstić information content (AvgIpc) is 3.14. The number of rotatable bonds is 7. The summed E-state index contributed by atoms with van der Waals surface area (Å²) in [6, 6.07) is 2.02. The van der Waals surface area contributed by atoms with E-state index in [1.54, 1.807) is 0 Å². The maximum Gasteiger partial charge on any atom is 0.303 e. The van der Waals surface area contributed by atoms with E-state index in [0.29, 0.717) is 29.0 Å². The molecule has 2 aromatic heterocycles. The molecule has 144 valence electrons. The molecule has 0 spiro atoms. The average molecular weight is 393 g/mol. The second-order valence-corrected chi connectivity index (χ2v) is 7.29. The number of fused-ring (bicyclic) bond motifs is 1. The number of nitriles is 1. The molecule has 5 N–H and O–H groups in total. The summed E-state index contributed by atoms with van der Waals surface area (Å²) in [4.78, 5) is 18.5. The zero-order valence-electron chi connectivity index (χ0n) is 14.2. The molecule has 1 unspecified atom stereocenters. The van der Waals surface area contributed by atoms with Crippen LogP contribution in [-0.2, 0) is 9.53 Å². The molecule has 1 aliphatic heterocycles. The molecule has 11 heteroatoms. The fourth-order valence-corrected chi connectivity index (χ4v) is 4.03. The minimum Gasteiger partial charge on any atom is -0.481 e. The zero-order chi connectivity index (χ0) is 19.6. The molecule has 10 nitrogen and oxygen atoms in total. The number of anilines is 1. The van der Waals surface area contributed by atoms with Gasteiger partial charge in [0.25, 0.3) is 0 Å². The molecule has 1 saturated heterocycles. The molecule has 3 rings (SSSR count). The Morgan fingerprint density at radius 2 is 2.19 bits per heavy atom. The minimum absolute atomic E-state index is 0.0831. The summed E-state index contributed by atoms with van der Waals surface area (Å²) in [7, 11) is 0. The van der Waals surface area contributed by atoms with E-state index in [0.717, 1.165) is 0 Å². The van der Waals surface area contributed by atoms with Crippen molar-refractivity contribution < 1.29 is 24.9 Å². The van der Waals surface area contributed by atoms with E-state index >= 15 is 0 Å². The summed E-state index contributed by atoms with van der Waals surface area (Å²) in [6.07, 6.45) is -0.581. The van der Waals surface area contributed by atoms with Crippen LogP contribution in [0, 0.1) is 11.3 Å². The van der Waals surface area contributed by atoms with Crippen molar-refractivity contribution in [2.45, 2.75) is 37.4 Å². The van der Waals surface area contributed by atoms with E-state index in [2.05, 4.69) is 9.97 Å². The Morgan fingerprint density at radius 3 is 2.89 bits per heavy atom. The third kappa shape index (κ3) is 3.84. The SMILES string of the molecule is N#Cc1cn(C2O[C@H](CSCCCC(=O)O)[C@H](O)[C@H]2O)c2ncnc(N)c12. The largest absolute Gasteiger partial charge is 0.481 e. The van der Waals surface area contributed by atoms with Crippen molar-refractivity contribution in [3.05, 3.63) is 18.1 Å². The van der Waals surface area contributed by atoms with Crippen molar-refractivity contribution in [3.8, 4) is 6.07 Å². The topological polar surface area (TPSA) is 168 Å². The molecule has 1 aliphatic rings. The van der Waals surface area contributed by atoms with Crippen LogP contribution in [0.4, 0.5) is 5.82 Å². The lowest BCUT2D eigenvalue weighted by Crippen LogP contribution is -2.32. The van der Waals surface area contributed by atoms with Crippen LogP contribution < -0.4 is 5.73 Å². The second-order valence-electron chi connectivity index (χ2n) is 6.14. The van der Waals surface area contributed by atoms with E-state index in [-0.39, 0.29) is 17.8 Å². The molecule has 3 heterocycles. The molecule has 0 radical (unpaired) electrons. The molecular formula is C16H19N5O5S. The highest BCUT2D eigenvalue weighted by Gasteiger charge is 2.44. The maximum absolute atomic E-state index is 10.5. The van der Waals surface area contributed by atoms with Gasteiger partial charge in [-0.05, 0) is 12.2 Å². The number of aliphatic carboxylic acids is 1. The second kappa shape index (κ2) is 8.10. The normalized spacial score (nSPS) is 24.9. The highest BCUT2D eigenvalue weighted by atomic mass is 32.2. The number of carboxylic acid groups (broad SMARTS) is 1. The first-order valence-corrected chi connectivity index (χ1v) is 9.41. The molecule has 0 aromatic carbocycles. The van der Waals surface area contributed by atoms with Crippen molar-refractivity contribution in [2.75, 3.05) is 17.2 Å². The Bertz CT molecular complexity index is 882. The van der Waals surface area contributed by atoms with Gasteiger partial charge < -0.3 is 30.4 Å². The molecule has 1 fully saturated rings. The number of aliphatic hydroxyl groups excluding tert-OH is 2. The van der Waals surface area contributed by atoms with Gasteiger partial charge >= 0.3 is 5.97 Å². The summed E-state index contributed by atoms with van der Waals surface area (Å²) in [5, 5.41) is 39.1. The quantitative estimate of drug-likeness (QED) is 0.474. The van der Waals surface area contributed by atoms with Gasteiger partial charge in [-0.15, -0.1) is 0 Å². The first kappa shape index (κ1) is 19.4. The Hall–Kier alpha value is -2.39. The lowest BCUT2D eigenvalue weighted by Gasteiger charge is -2.17. The van der Waals surface area contributed by atoms with Crippen molar-refractivity contribution >= 4 is 34.6 Å². The summed E-state index contributed by atoms with van der Waals surface area (Å²) in [6.45, 7) is 0. The third-order valence-corrected chi connectivity index (χ3v) is 5.47. The number of hydrogen-bond acceptors (Lipinski definition) is 9. The van der Waals surface area contributed by atoms with Crippen LogP contribution in [0.25, 0.3) is 11.0 Å². The number of nitrogens with zero attached hydrogens (tertiary/aromatic N) is 4. The number of hydrogen-bond donors (Lipinski definition) is 4. The van der Waals surface area contributed by atoms with Crippen LogP contribution >= 0.6 is 11.8 Å². The lowest BCUT2D eigenvalue weighted by molar-refractivity contribution is -0.137. The highest BCUT2D eigenvalue weighted by Crippen LogP contribution is 2.35. The van der Waals surface area contributed by atoms with Gasteiger partial charge in [-0.25, -0.2) is 9.97 Å². The summed E-state index contributed by atoms with van der Waals surface area (Å²) >= 11 is 1.44. The van der Waals surface area contributed by atoms with E-state index in [9.17, 15) is 20.3 Å². The van der Waals surface area contributed by atoms with Gasteiger partial charge in [-0.3, -0.25) is 4.79 Å². The Balaban J connectivity index is 1.75. The van der Waals surface area contributed by atoms with Crippen LogP contribution in [0.5, 0.6) is 0 Å². The predicted molar refractivity (Wildman–Crippen MR) is 96.8 cm³/mol. The number of aromatic nitrogens is 3. The summed E-state index contributed by atoms with van der Waals surface area (Å²) < 4.78 is 7.30. The van der Waals surface area contributed by atoms with Gasteiger partial charge in [-0.2, -0.15) is 17.0 Å². The van der Waals surface area contributed by atoms with Crippen LogP contribution in [-0.4, -0.2) is 65.6 Å². The van der Waals surface area contributed by atoms with Crippen molar-refractivity contribution in [3.63, 3.8) is 0 Å². The maximum atomic E-state index is 10.5. The fourth-order valence-electron chi connectivity index (χ4n) is 3.01.